The number of methoxy groups -OCH3 is 1. The molecule has 0 aliphatic rings. The lowest BCUT2D eigenvalue weighted by atomic mass is 10.2. The lowest BCUT2D eigenvalue weighted by molar-refractivity contribution is -0.145. The molecule has 1 heterocycles. The van der Waals surface area contributed by atoms with Crippen LogP contribution in [-0.4, -0.2) is 46.1 Å². The summed E-state index contributed by atoms with van der Waals surface area (Å²) in [6.45, 7) is -0.0905. The summed E-state index contributed by atoms with van der Waals surface area (Å²) < 4.78 is 12.3. The van der Waals surface area contributed by atoms with E-state index in [1.165, 1.54) is 11.8 Å². The number of benzene rings is 3. The highest BCUT2D eigenvalue weighted by atomic mass is 32.2. The van der Waals surface area contributed by atoms with Crippen LogP contribution in [0.4, 0.5) is 0 Å². The Bertz CT molecular complexity index is 1280. The van der Waals surface area contributed by atoms with Gasteiger partial charge in [-0.2, -0.15) is 0 Å². The molecule has 0 atom stereocenters. The molecule has 9 heteroatoms. The van der Waals surface area contributed by atoms with Crippen molar-refractivity contribution in [3.63, 3.8) is 0 Å². The number of nitrogens with zero attached hydrogens (tertiary/aromatic N) is 3. The molecule has 1 aromatic heterocycles. The first-order chi connectivity index (χ1) is 17.2. The number of rotatable bonds is 10. The van der Waals surface area contributed by atoms with E-state index in [0.29, 0.717) is 16.7 Å². The third-order valence-corrected chi connectivity index (χ3v) is 5.93. The van der Waals surface area contributed by atoms with Gasteiger partial charge in [-0.1, -0.05) is 78.5 Å². The molecule has 0 saturated carbocycles. The molecule has 0 unspecified atom stereocenters. The summed E-state index contributed by atoms with van der Waals surface area (Å²) in [5.74, 6) is 0.417. The van der Waals surface area contributed by atoms with Crippen molar-refractivity contribution in [2.75, 3.05) is 19.5 Å². The Morgan fingerprint density at radius 3 is 2.34 bits per heavy atom. The molecule has 1 amide bonds. The molecular formula is C26H24N4O4S. The number of carbonyl (C=O) groups is 2. The van der Waals surface area contributed by atoms with Gasteiger partial charge in [0.25, 0.3) is 5.91 Å². The second-order valence-corrected chi connectivity index (χ2v) is 8.32. The maximum absolute atomic E-state index is 12.3. The Hall–Kier alpha value is -4.11. The van der Waals surface area contributed by atoms with Gasteiger partial charge in [0.05, 0.1) is 12.9 Å². The number of hydrogen-bond donors (Lipinski definition) is 1. The molecule has 0 bridgehead atoms. The highest BCUT2D eigenvalue weighted by Crippen LogP contribution is 2.27. The Morgan fingerprint density at radius 1 is 0.914 bits per heavy atom. The van der Waals surface area contributed by atoms with Gasteiger partial charge in [0.1, 0.15) is 5.75 Å². The van der Waals surface area contributed by atoms with Crippen LogP contribution < -0.4 is 10.1 Å². The summed E-state index contributed by atoms with van der Waals surface area (Å²) in [4.78, 5) is 24.5. The van der Waals surface area contributed by atoms with Gasteiger partial charge in [-0.05, 0) is 18.2 Å². The van der Waals surface area contributed by atoms with Crippen molar-refractivity contribution < 1.29 is 19.1 Å². The van der Waals surface area contributed by atoms with Crippen LogP contribution in [0.1, 0.15) is 5.56 Å². The molecule has 0 saturated heterocycles. The van der Waals surface area contributed by atoms with E-state index in [2.05, 4.69) is 15.5 Å². The number of carbonyl (C=O) groups excluding carboxylic acids is 2. The van der Waals surface area contributed by atoms with E-state index in [0.717, 1.165) is 16.8 Å². The van der Waals surface area contributed by atoms with Crippen molar-refractivity contribution in [1.29, 1.82) is 0 Å². The maximum atomic E-state index is 12.3. The summed E-state index contributed by atoms with van der Waals surface area (Å²) in [6, 6.07) is 26.8. The zero-order chi connectivity index (χ0) is 24.5. The summed E-state index contributed by atoms with van der Waals surface area (Å²) in [7, 11) is 1.57. The number of para-hydroxylation sites is 2. The second-order valence-electron chi connectivity index (χ2n) is 7.38. The maximum Gasteiger partial charge on any atom is 0.316 e. The number of amides is 1. The first kappa shape index (κ1) is 24.0. The Labute approximate surface area is 207 Å². The predicted octanol–water partition coefficient (Wildman–Crippen LogP) is 3.89. The average Bonchev–Trinajstić information content (AvgIpc) is 3.34. The van der Waals surface area contributed by atoms with E-state index in [1.54, 1.807) is 7.11 Å². The van der Waals surface area contributed by atoms with Crippen molar-refractivity contribution in [3.05, 3.63) is 90.5 Å². The fourth-order valence-electron chi connectivity index (χ4n) is 3.35. The van der Waals surface area contributed by atoms with E-state index in [-0.39, 0.29) is 18.9 Å². The normalized spacial score (nSPS) is 10.5. The number of ether oxygens (including phenoxy) is 2. The van der Waals surface area contributed by atoms with E-state index in [4.69, 9.17) is 9.47 Å². The number of aromatic nitrogens is 3. The van der Waals surface area contributed by atoms with Crippen LogP contribution in [0.15, 0.2) is 90.1 Å². The summed E-state index contributed by atoms with van der Waals surface area (Å²) in [5, 5.41) is 11.9. The summed E-state index contributed by atoms with van der Waals surface area (Å²) in [5.41, 5.74) is 2.62. The highest BCUT2D eigenvalue weighted by molar-refractivity contribution is 7.99. The molecule has 4 rings (SSSR count). The van der Waals surface area contributed by atoms with E-state index in [9.17, 15) is 9.59 Å². The van der Waals surface area contributed by atoms with Gasteiger partial charge in [0.15, 0.2) is 17.6 Å². The van der Waals surface area contributed by atoms with Crippen molar-refractivity contribution in [1.82, 2.24) is 20.1 Å². The average molecular weight is 489 g/mol. The summed E-state index contributed by atoms with van der Waals surface area (Å²) in [6.07, 6.45) is 0. The fourth-order valence-corrected chi connectivity index (χ4v) is 4.10. The number of nitrogens with one attached hydrogen (secondary N) is 1. The summed E-state index contributed by atoms with van der Waals surface area (Å²) >= 11 is 1.20. The zero-order valence-corrected chi connectivity index (χ0v) is 19.9. The third-order valence-electron chi connectivity index (χ3n) is 5.03. The van der Waals surface area contributed by atoms with E-state index < -0.39 is 11.9 Å². The number of hydrogen-bond acceptors (Lipinski definition) is 7. The second kappa shape index (κ2) is 11.8. The molecule has 3 aromatic carbocycles. The molecule has 178 valence electrons. The van der Waals surface area contributed by atoms with Crippen LogP contribution in [0, 0.1) is 0 Å². The number of esters is 1. The number of thioether (sulfide) groups is 1. The van der Waals surface area contributed by atoms with Gasteiger partial charge in [0, 0.05) is 23.4 Å². The molecule has 0 aliphatic heterocycles. The Morgan fingerprint density at radius 2 is 1.60 bits per heavy atom. The molecular weight excluding hydrogens is 464 g/mol. The Kier molecular flexibility index (Phi) is 8.13. The zero-order valence-electron chi connectivity index (χ0n) is 19.1. The van der Waals surface area contributed by atoms with Crippen molar-refractivity contribution in [2.24, 2.45) is 0 Å². The fraction of sp³-hybridized carbons (Fsp3) is 0.154. The molecule has 0 radical (unpaired) electrons. The molecule has 35 heavy (non-hydrogen) atoms. The standard InChI is InChI=1S/C26H24N4O4S/c1-33-22-15-9-8-12-20(22)16-27-23(31)17-34-24(32)18-35-26-29-28-25(19-10-4-2-5-11-19)30(26)21-13-6-3-7-14-21/h2-15H,16-18H2,1H3,(H,27,31). The highest BCUT2D eigenvalue weighted by Gasteiger charge is 2.18. The van der Waals surface area contributed by atoms with Gasteiger partial charge >= 0.3 is 5.97 Å². The molecule has 0 fully saturated rings. The monoisotopic (exact) mass is 488 g/mol. The first-order valence-corrected chi connectivity index (χ1v) is 11.9. The minimum Gasteiger partial charge on any atom is -0.496 e. The molecule has 0 aliphatic carbocycles. The van der Waals surface area contributed by atoms with Crippen LogP contribution in [0.3, 0.4) is 0 Å². The topological polar surface area (TPSA) is 95.3 Å². The van der Waals surface area contributed by atoms with E-state index in [1.807, 2.05) is 89.5 Å². The quantitative estimate of drug-likeness (QED) is 0.267. The van der Waals surface area contributed by atoms with E-state index >= 15 is 0 Å². The minimum atomic E-state index is -0.522. The van der Waals surface area contributed by atoms with Crippen LogP contribution in [0.5, 0.6) is 5.75 Å². The van der Waals surface area contributed by atoms with Gasteiger partial charge in [-0.3, -0.25) is 14.2 Å². The predicted molar refractivity (Wildman–Crippen MR) is 133 cm³/mol. The smallest absolute Gasteiger partial charge is 0.316 e. The first-order valence-electron chi connectivity index (χ1n) is 10.9. The van der Waals surface area contributed by atoms with Crippen LogP contribution in [0.2, 0.25) is 0 Å². The SMILES string of the molecule is COc1ccccc1CNC(=O)COC(=O)CSc1nnc(-c2ccccc2)n1-c1ccccc1. The van der Waals surface area contributed by atoms with Gasteiger partial charge in [0.2, 0.25) is 0 Å². The van der Waals surface area contributed by atoms with Gasteiger partial charge < -0.3 is 14.8 Å². The largest absolute Gasteiger partial charge is 0.496 e. The lowest BCUT2D eigenvalue weighted by Gasteiger charge is -2.11. The molecule has 4 aromatic rings. The third kappa shape index (κ3) is 6.27. The minimum absolute atomic E-state index is 0.0143. The van der Waals surface area contributed by atoms with Gasteiger partial charge in [-0.15, -0.1) is 10.2 Å². The molecule has 8 nitrogen and oxygen atoms in total. The van der Waals surface area contributed by atoms with Crippen molar-refractivity contribution in [2.45, 2.75) is 11.7 Å². The van der Waals surface area contributed by atoms with Crippen molar-refractivity contribution in [3.8, 4) is 22.8 Å². The molecule has 0 spiro atoms. The van der Waals surface area contributed by atoms with Crippen LogP contribution in [0.25, 0.3) is 17.1 Å². The van der Waals surface area contributed by atoms with Crippen LogP contribution >= 0.6 is 11.8 Å². The van der Waals surface area contributed by atoms with Crippen molar-refractivity contribution >= 4 is 23.6 Å². The van der Waals surface area contributed by atoms with Crippen LogP contribution in [-0.2, 0) is 20.9 Å². The Balaban J connectivity index is 1.35. The van der Waals surface area contributed by atoms with Gasteiger partial charge in [-0.25, -0.2) is 0 Å². The lowest BCUT2D eigenvalue weighted by Crippen LogP contribution is -2.28. The molecule has 1 N–H and O–H groups in total.